The smallest absolute Gasteiger partial charge is 0.323 e. The van der Waals surface area contributed by atoms with Gasteiger partial charge in [0.1, 0.15) is 18.0 Å². The molecule has 1 amide bonds. The molecule has 152 valence electrons. The molecule has 0 aliphatic heterocycles. The van der Waals surface area contributed by atoms with Crippen LogP contribution in [-0.2, 0) is 11.3 Å². The van der Waals surface area contributed by atoms with Crippen LogP contribution in [0.15, 0.2) is 24.3 Å². The summed E-state index contributed by atoms with van der Waals surface area (Å²) in [5, 5.41) is 9.33. The van der Waals surface area contributed by atoms with Crippen LogP contribution in [0.2, 0.25) is 0 Å². The van der Waals surface area contributed by atoms with Crippen LogP contribution in [0.4, 0.5) is 0 Å². The van der Waals surface area contributed by atoms with Crippen molar-refractivity contribution >= 4 is 11.9 Å². The molecule has 0 atom stereocenters. The summed E-state index contributed by atoms with van der Waals surface area (Å²) in [6.45, 7) is 7.65. The summed E-state index contributed by atoms with van der Waals surface area (Å²) in [6, 6.07) is 7.28. The number of nitrogens with zero attached hydrogens (tertiary/aromatic N) is 2. The zero-order valence-corrected chi connectivity index (χ0v) is 17.3. The van der Waals surface area contributed by atoms with Crippen LogP contribution in [0, 0.1) is 13.8 Å². The lowest BCUT2D eigenvalue weighted by atomic mass is 10.1. The molecule has 1 N–H and O–H groups in total. The van der Waals surface area contributed by atoms with E-state index in [1.165, 1.54) is 4.90 Å². The molecule has 7 heteroatoms. The van der Waals surface area contributed by atoms with Crippen LogP contribution in [-0.4, -0.2) is 47.2 Å². The Hall–Kier alpha value is -2.96. The van der Waals surface area contributed by atoms with Crippen LogP contribution in [0.1, 0.15) is 47.2 Å². The van der Waals surface area contributed by atoms with Gasteiger partial charge in [-0.2, -0.15) is 0 Å². The number of carbonyl (C=O) groups excluding carboxylic acids is 1. The number of aromatic nitrogens is 1. The van der Waals surface area contributed by atoms with Gasteiger partial charge < -0.3 is 24.0 Å². The minimum Gasteiger partial charge on any atom is -0.497 e. The number of ether oxygens (including phenoxy) is 2. The van der Waals surface area contributed by atoms with Crippen molar-refractivity contribution in [1.82, 2.24) is 9.47 Å². The zero-order chi connectivity index (χ0) is 21.0. The lowest BCUT2D eigenvalue weighted by molar-refractivity contribution is -0.137. The Labute approximate surface area is 165 Å². The highest BCUT2D eigenvalue weighted by molar-refractivity contribution is 5.97. The molecule has 28 heavy (non-hydrogen) atoms. The molecule has 0 saturated heterocycles. The maximum absolute atomic E-state index is 13.2. The van der Waals surface area contributed by atoms with Gasteiger partial charge >= 0.3 is 5.97 Å². The maximum atomic E-state index is 13.2. The maximum Gasteiger partial charge on any atom is 0.323 e. The summed E-state index contributed by atoms with van der Waals surface area (Å²) in [5.74, 6) is -0.227. The fraction of sp³-hybridized carbons (Fsp3) is 0.429. The summed E-state index contributed by atoms with van der Waals surface area (Å²) in [5.41, 5.74) is 3.04. The van der Waals surface area contributed by atoms with Gasteiger partial charge in [-0.25, -0.2) is 0 Å². The third-order valence-corrected chi connectivity index (χ3v) is 4.63. The number of hydrogen-bond donors (Lipinski definition) is 1. The Balaban J connectivity index is 2.41. The van der Waals surface area contributed by atoms with Crippen molar-refractivity contribution in [3.8, 4) is 11.5 Å². The van der Waals surface area contributed by atoms with Gasteiger partial charge in [0.2, 0.25) is 0 Å². The second-order valence-corrected chi connectivity index (χ2v) is 7.02. The summed E-state index contributed by atoms with van der Waals surface area (Å²) >= 11 is 0. The molecule has 0 aliphatic carbocycles. The van der Waals surface area contributed by atoms with E-state index in [9.17, 15) is 14.7 Å². The van der Waals surface area contributed by atoms with E-state index in [1.54, 1.807) is 32.4 Å². The SMILES string of the molecule is COc1cc(CN(CC(=O)O)C(=O)c2cc(C)n(C(C)C)c2C)cc(OC)c1. The van der Waals surface area contributed by atoms with Crippen LogP contribution < -0.4 is 9.47 Å². The molecule has 0 aliphatic rings. The van der Waals surface area contributed by atoms with Crippen molar-refractivity contribution in [3.05, 3.63) is 46.8 Å². The standard InChI is InChI=1S/C21H28N2O5/c1-13(2)23-14(3)7-19(15(23)4)21(26)22(12-20(24)25)11-16-8-17(27-5)10-18(9-16)28-6/h7-10,13H,11-12H2,1-6H3,(H,24,25). The minimum atomic E-state index is -1.07. The molecule has 1 aromatic heterocycles. The third kappa shape index (κ3) is 4.65. The van der Waals surface area contributed by atoms with E-state index < -0.39 is 12.5 Å². The molecule has 1 heterocycles. The van der Waals surface area contributed by atoms with Crippen LogP contribution in [0.5, 0.6) is 11.5 Å². The van der Waals surface area contributed by atoms with E-state index in [4.69, 9.17) is 9.47 Å². The zero-order valence-electron chi connectivity index (χ0n) is 17.3. The Bertz CT molecular complexity index is 848. The first-order valence-corrected chi connectivity index (χ1v) is 9.09. The first-order valence-electron chi connectivity index (χ1n) is 9.09. The lowest BCUT2D eigenvalue weighted by Gasteiger charge is -2.22. The van der Waals surface area contributed by atoms with Gasteiger partial charge in [-0.1, -0.05) is 0 Å². The van der Waals surface area contributed by atoms with Crippen molar-refractivity contribution < 1.29 is 24.2 Å². The average molecular weight is 388 g/mol. The fourth-order valence-electron chi connectivity index (χ4n) is 3.50. The summed E-state index contributed by atoms with van der Waals surface area (Å²) in [7, 11) is 3.08. The van der Waals surface area contributed by atoms with E-state index in [0.29, 0.717) is 17.1 Å². The second-order valence-electron chi connectivity index (χ2n) is 7.02. The van der Waals surface area contributed by atoms with E-state index in [-0.39, 0.29) is 18.5 Å². The van der Waals surface area contributed by atoms with Crippen molar-refractivity contribution in [2.24, 2.45) is 0 Å². The molecule has 0 bridgehead atoms. The van der Waals surface area contributed by atoms with Crippen LogP contribution >= 0.6 is 0 Å². The number of aliphatic carboxylic acids is 1. The number of rotatable bonds is 8. The molecule has 0 radical (unpaired) electrons. The van der Waals surface area contributed by atoms with Crippen molar-refractivity contribution in [1.29, 1.82) is 0 Å². The Morgan fingerprint density at radius 1 is 1.07 bits per heavy atom. The molecule has 0 fully saturated rings. The number of amides is 1. The highest BCUT2D eigenvalue weighted by atomic mass is 16.5. The van der Waals surface area contributed by atoms with E-state index >= 15 is 0 Å². The van der Waals surface area contributed by atoms with Crippen molar-refractivity contribution in [2.75, 3.05) is 20.8 Å². The molecular weight excluding hydrogens is 360 g/mol. The van der Waals surface area contributed by atoms with Gasteiger partial charge in [-0.3, -0.25) is 9.59 Å². The Morgan fingerprint density at radius 3 is 2.07 bits per heavy atom. The predicted molar refractivity (Wildman–Crippen MR) is 106 cm³/mol. The highest BCUT2D eigenvalue weighted by Gasteiger charge is 2.24. The van der Waals surface area contributed by atoms with Crippen LogP contribution in [0.3, 0.4) is 0 Å². The van der Waals surface area contributed by atoms with E-state index in [2.05, 4.69) is 4.57 Å². The first kappa shape index (κ1) is 21.3. The third-order valence-electron chi connectivity index (χ3n) is 4.63. The summed E-state index contributed by atoms with van der Waals surface area (Å²) in [4.78, 5) is 25.9. The van der Waals surface area contributed by atoms with Gasteiger partial charge in [0.25, 0.3) is 5.91 Å². The molecule has 1 aromatic carbocycles. The highest BCUT2D eigenvalue weighted by Crippen LogP contribution is 2.25. The molecule has 0 saturated carbocycles. The van der Waals surface area contributed by atoms with Gasteiger partial charge in [-0.05, 0) is 51.5 Å². The first-order chi connectivity index (χ1) is 13.2. The van der Waals surface area contributed by atoms with Crippen molar-refractivity contribution in [2.45, 2.75) is 40.3 Å². The largest absolute Gasteiger partial charge is 0.497 e. The van der Waals surface area contributed by atoms with Gasteiger partial charge in [0.15, 0.2) is 0 Å². The average Bonchev–Trinajstić information content (AvgIpc) is 2.94. The second kappa shape index (κ2) is 8.82. The van der Waals surface area contributed by atoms with Crippen LogP contribution in [0.25, 0.3) is 0 Å². The van der Waals surface area contributed by atoms with E-state index in [1.807, 2.05) is 33.8 Å². The number of aryl methyl sites for hydroxylation is 1. The Morgan fingerprint density at radius 2 is 1.64 bits per heavy atom. The van der Waals surface area contributed by atoms with Gasteiger partial charge in [-0.15, -0.1) is 0 Å². The number of carboxylic acid groups (broad SMARTS) is 1. The lowest BCUT2D eigenvalue weighted by Crippen LogP contribution is -2.35. The van der Waals surface area contributed by atoms with Crippen molar-refractivity contribution in [3.63, 3.8) is 0 Å². The number of carbonyl (C=O) groups is 2. The molecule has 0 unspecified atom stereocenters. The number of methoxy groups -OCH3 is 2. The van der Waals surface area contributed by atoms with Gasteiger partial charge in [0.05, 0.1) is 19.8 Å². The molecule has 7 nitrogen and oxygen atoms in total. The van der Waals surface area contributed by atoms with E-state index in [0.717, 1.165) is 17.0 Å². The predicted octanol–water partition coefficient (Wildman–Crippen LogP) is 3.43. The topological polar surface area (TPSA) is 81.0 Å². The number of hydrogen-bond acceptors (Lipinski definition) is 4. The molecule has 2 rings (SSSR count). The van der Waals surface area contributed by atoms with Gasteiger partial charge in [0, 0.05) is 30.0 Å². The quantitative estimate of drug-likeness (QED) is 0.749. The minimum absolute atomic E-state index is 0.129. The summed E-state index contributed by atoms with van der Waals surface area (Å²) < 4.78 is 12.6. The molecular formula is C21H28N2O5. The monoisotopic (exact) mass is 388 g/mol. The molecule has 2 aromatic rings. The Kier molecular flexibility index (Phi) is 6.72. The normalized spacial score (nSPS) is 10.8. The fourth-order valence-corrected chi connectivity index (χ4v) is 3.50. The molecule has 0 spiro atoms. The summed E-state index contributed by atoms with van der Waals surface area (Å²) in [6.07, 6.45) is 0. The number of benzene rings is 1. The number of carboxylic acids is 1.